The van der Waals surface area contributed by atoms with Crippen molar-refractivity contribution in [2.24, 2.45) is 21.0 Å². The quantitative estimate of drug-likeness (QED) is 0.410. The molecule has 0 saturated carbocycles. The van der Waals surface area contributed by atoms with E-state index in [-0.39, 0.29) is 22.9 Å². The van der Waals surface area contributed by atoms with Crippen molar-refractivity contribution in [2.75, 3.05) is 0 Å². The van der Waals surface area contributed by atoms with Gasteiger partial charge < -0.3 is 5.73 Å². The molecule has 0 aliphatic carbocycles. The smallest absolute Gasteiger partial charge is 0.234 e. The second-order valence-electron chi connectivity index (χ2n) is 4.32. The summed E-state index contributed by atoms with van der Waals surface area (Å²) in [7, 11) is 0. The number of nitrogens with two attached hydrogens (primary N) is 1. The van der Waals surface area contributed by atoms with Gasteiger partial charge in [-0.3, -0.25) is 0 Å². The number of hydrogen-bond acceptors (Lipinski definition) is 3. The van der Waals surface area contributed by atoms with Crippen LogP contribution in [0.5, 0.6) is 0 Å². The molecule has 0 unspecified atom stereocenters. The molecule has 2 aromatic rings. The van der Waals surface area contributed by atoms with Gasteiger partial charge >= 0.3 is 0 Å². The topological polar surface area (TPSA) is 75.1 Å². The highest BCUT2D eigenvalue weighted by Gasteiger charge is 1.97. The molecule has 0 amide bonds. The maximum Gasteiger partial charge on any atom is 0.234 e. The van der Waals surface area contributed by atoms with Crippen LogP contribution in [0.25, 0.3) is 0 Å². The maximum atomic E-state index is 5.90. The van der Waals surface area contributed by atoms with Crippen LogP contribution in [0.1, 0.15) is 11.1 Å². The number of nitrogens with one attached hydrogen (secondary N) is 1. The van der Waals surface area contributed by atoms with Crippen LogP contribution in [0.15, 0.2) is 57.8 Å². The van der Waals surface area contributed by atoms with Crippen LogP contribution in [-0.2, 0) is 0 Å². The predicted molar refractivity (Wildman–Crippen MR) is 108 cm³/mol. The Morgan fingerprint density at radius 3 is 2.25 bits per heavy atom. The third-order valence-electron chi connectivity index (χ3n) is 2.58. The van der Waals surface area contributed by atoms with E-state index in [1.54, 1.807) is 36.5 Å². The highest BCUT2D eigenvalue weighted by Crippen LogP contribution is 2.21. The largest absolute Gasteiger partial charge is 0.367 e. The van der Waals surface area contributed by atoms with E-state index in [0.29, 0.717) is 15.1 Å². The summed E-state index contributed by atoms with van der Waals surface area (Å²) in [5.74, 6) is 0.0477. The van der Waals surface area contributed by atoms with Crippen molar-refractivity contribution in [1.82, 2.24) is 5.43 Å². The second-order valence-corrected chi connectivity index (χ2v) is 5.58. The predicted octanol–water partition coefficient (Wildman–Crippen LogP) is 4.50. The summed E-state index contributed by atoms with van der Waals surface area (Å²) in [6.07, 6.45) is 3.08. The Balaban J connectivity index is 0.00000288. The lowest BCUT2D eigenvalue weighted by atomic mass is 10.2. The number of hydrogen-bond donors (Lipinski definition) is 2. The molecular formula is C15H13BrCl3N5. The van der Waals surface area contributed by atoms with Crippen molar-refractivity contribution in [3.05, 3.63) is 68.7 Å². The Hall–Kier alpha value is -1.60. The SMILES string of the molecule is Br.N/C(=N/N=C/c1ccc(Cl)cc1)N/N=C/c1ccc(Cl)c(Cl)c1. The Morgan fingerprint density at radius 2 is 1.58 bits per heavy atom. The van der Waals surface area contributed by atoms with Crippen molar-refractivity contribution in [1.29, 1.82) is 0 Å². The molecule has 0 atom stereocenters. The number of halogens is 4. The molecule has 0 aliphatic rings. The van der Waals surface area contributed by atoms with Crippen molar-refractivity contribution < 1.29 is 0 Å². The van der Waals surface area contributed by atoms with Crippen LogP contribution in [0.4, 0.5) is 0 Å². The monoisotopic (exact) mass is 447 g/mol. The number of nitrogens with zero attached hydrogens (tertiary/aromatic N) is 3. The van der Waals surface area contributed by atoms with Gasteiger partial charge in [0.2, 0.25) is 5.96 Å². The summed E-state index contributed by atoms with van der Waals surface area (Å²) in [6.45, 7) is 0. The van der Waals surface area contributed by atoms with Gasteiger partial charge in [0.25, 0.3) is 0 Å². The average Bonchev–Trinajstić information content (AvgIpc) is 2.53. The third-order valence-corrected chi connectivity index (χ3v) is 3.57. The summed E-state index contributed by atoms with van der Waals surface area (Å²) in [5, 5.41) is 13.1. The molecule has 24 heavy (non-hydrogen) atoms. The molecule has 0 fully saturated rings. The molecule has 0 spiro atoms. The lowest BCUT2D eigenvalue weighted by molar-refractivity contribution is 0.994. The fourth-order valence-electron chi connectivity index (χ4n) is 1.49. The van der Waals surface area contributed by atoms with Gasteiger partial charge in [-0.05, 0) is 35.4 Å². The van der Waals surface area contributed by atoms with E-state index in [1.165, 1.54) is 6.21 Å². The van der Waals surface area contributed by atoms with Crippen molar-refractivity contribution in [3.63, 3.8) is 0 Å². The molecule has 126 valence electrons. The standard InChI is InChI=1S/C15H12Cl3N5.BrH/c16-12-4-1-10(2-5-12)8-20-22-15(19)23-21-9-11-3-6-13(17)14(18)7-11;/h1-9H,(H3,19,22,23);1H/b20-8+,21-9+;. The maximum absolute atomic E-state index is 5.90. The molecule has 9 heteroatoms. The minimum atomic E-state index is 0. The first-order chi connectivity index (χ1) is 11.0. The number of rotatable bonds is 4. The minimum Gasteiger partial charge on any atom is -0.367 e. The van der Waals surface area contributed by atoms with E-state index >= 15 is 0 Å². The van der Waals surface area contributed by atoms with Gasteiger partial charge in [-0.25, -0.2) is 5.43 Å². The molecule has 0 heterocycles. The van der Waals surface area contributed by atoms with Crippen molar-refractivity contribution in [3.8, 4) is 0 Å². The zero-order valence-corrected chi connectivity index (χ0v) is 16.1. The summed E-state index contributed by atoms with van der Waals surface area (Å²) in [4.78, 5) is 0. The Morgan fingerprint density at radius 1 is 0.917 bits per heavy atom. The summed E-state index contributed by atoms with van der Waals surface area (Å²) < 4.78 is 0. The molecule has 2 rings (SSSR count). The Kier molecular flexibility index (Phi) is 8.78. The van der Waals surface area contributed by atoms with Gasteiger partial charge in [0.1, 0.15) is 0 Å². The van der Waals surface area contributed by atoms with Gasteiger partial charge in [0, 0.05) is 5.02 Å². The van der Waals surface area contributed by atoms with Crippen LogP contribution in [0.3, 0.4) is 0 Å². The number of hydrazone groups is 1. The summed E-state index contributed by atoms with van der Waals surface area (Å²) >= 11 is 17.5. The van der Waals surface area contributed by atoms with Gasteiger partial charge in [0.05, 0.1) is 22.5 Å². The highest BCUT2D eigenvalue weighted by molar-refractivity contribution is 8.93. The Bertz CT molecular complexity index is 760. The lowest BCUT2D eigenvalue weighted by Gasteiger charge is -1.98. The zero-order chi connectivity index (χ0) is 16.7. The average molecular weight is 450 g/mol. The van der Waals surface area contributed by atoms with E-state index in [9.17, 15) is 0 Å². The molecule has 0 radical (unpaired) electrons. The van der Waals surface area contributed by atoms with Crippen LogP contribution in [-0.4, -0.2) is 18.4 Å². The second kappa shape index (κ2) is 10.3. The van der Waals surface area contributed by atoms with Crippen LogP contribution in [0.2, 0.25) is 15.1 Å². The summed E-state index contributed by atoms with van der Waals surface area (Å²) in [6, 6.07) is 12.3. The van der Waals surface area contributed by atoms with E-state index < -0.39 is 0 Å². The first kappa shape index (κ1) is 20.4. The fourth-order valence-corrected chi connectivity index (χ4v) is 1.93. The normalized spacial score (nSPS) is 11.7. The minimum absolute atomic E-state index is 0. The first-order valence-electron chi connectivity index (χ1n) is 6.41. The summed E-state index contributed by atoms with van der Waals surface area (Å²) in [5.41, 5.74) is 9.79. The van der Waals surface area contributed by atoms with E-state index in [4.69, 9.17) is 40.5 Å². The van der Waals surface area contributed by atoms with Crippen LogP contribution in [0, 0.1) is 0 Å². The van der Waals surface area contributed by atoms with E-state index in [2.05, 4.69) is 20.7 Å². The molecule has 0 aliphatic heterocycles. The van der Waals surface area contributed by atoms with Gasteiger partial charge in [0.15, 0.2) is 0 Å². The fraction of sp³-hybridized carbons (Fsp3) is 0. The molecule has 0 bridgehead atoms. The van der Waals surface area contributed by atoms with Crippen LogP contribution >= 0.6 is 51.8 Å². The molecular weight excluding hydrogens is 436 g/mol. The third kappa shape index (κ3) is 6.88. The van der Waals surface area contributed by atoms with E-state index in [0.717, 1.165) is 11.1 Å². The number of benzene rings is 2. The van der Waals surface area contributed by atoms with Gasteiger partial charge in [-0.1, -0.05) is 53.0 Å². The molecule has 2 aromatic carbocycles. The van der Waals surface area contributed by atoms with Crippen molar-refractivity contribution in [2.45, 2.75) is 0 Å². The highest BCUT2D eigenvalue weighted by atomic mass is 79.9. The first-order valence-corrected chi connectivity index (χ1v) is 7.54. The Labute approximate surface area is 165 Å². The molecule has 5 nitrogen and oxygen atoms in total. The van der Waals surface area contributed by atoms with E-state index in [1.807, 2.05) is 12.1 Å². The lowest BCUT2D eigenvalue weighted by Crippen LogP contribution is -2.26. The molecule has 0 saturated heterocycles. The molecule has 0 aromatic heterocycles. The number of guanidine groups is 1. The van der Waals surface area contributed by atoms with Gasteiger partial charge in [-0.2, -0.15) is 10.2 Å². The van der Waals surface area contributed by atoms with Crippen molar-refractivity contribution >= 4 is 70.2 Å². The zero-order valence-electron chi connectivity index (χ0n) is 12.2. The van der Waals surface area contributed by atoms with Gasteiger partial charge in [-0.15, -0.1) is 22.1 Å². The molecule has 3 N–H and O–H groups in total. The van der Waals surface area contributed by atoms with Crippen LogP contribution < -0.4 is 11.2 Å².